The smallest absolute Gasteiger partial charge is 0.453 e. The fourth-order valence-electron chi connectivity index (χ4n) is 1.28. The number of alkyl halides is 3. The lowest BCUT2D eigenvalue weighted by molar-refractivity contribution is -0.154. The number of carboxylic acid groups (broad SMARTS) is 1. The Bertz CT molecular complexity index is 559. The van der Waals surface area contributed by atoms with Crippen LogP contribution in [-0.4, -0.2) is 16.2 Å². The molecule has 2 aromatic rings. The number of halogens is 3. The predicted molar refractivity (Wildman–Crippen MR) is 46.0 cm³/mol. The van der Waals surface area contributed by atoms with Crippen molar-refractivity contribution >= 4 is 16.9 Å². The summed E-state index contributed by atoms with van der Waals surface area (Å²) in [6.45, 7) is 0. The van der Waals surface area contributed by atoms with Crippen LogP contribution < -0.4 is 0 Å². The van der Waals surface area contributed by atoms with E-state index in [1.54, 1.807) is 0 Å². The van der Waals surface area contributed by atoms with Crippen molar-refractivity contribution in [3.63, 3.8) is 0 Å². The first-order valence-corrected chi connectivity index (χ1v) is 4.09. The van der Waals surface area contributed by atoms with Crippen molar-refractivity contribution in [2.75, 3.05) is 0 Å². The Balaban J connectivity index is 2.64. The van der Waals surface area contributed by atoms with Gasteiger partial charge in [0, 0.05) is 0 Å². The van der Waals surface area contributed by atoms with Crippen molar-refractivity contribution in [2.24, 2.45) is 0 Å². The monoisotopic (exact) mass is 231 g/mol. The van der Waals surface area contributed by atoms with Crippen LogP contribution >= 0.6 is 0 Å². The van der Waals surface area contributed by atoms with E-state index in [9.17, 15) is 18.0 Å². The molecule has 0 aliphatic heterocycles. The van der Waals surface area contributed by atoms with Crippen molar-refractivity contribution < 1.29 is 27.6 Å². The molecule has 0 saturated carbocycles. The molecule has 7 heteroatoms. The summed E-state index contributed by atoms with van der Waals surface area (Å²) in [6, 6.07) is 3.12. The van der Waals surface area contributed by atoms with Crippen LogP contribution in [0, 0.1) is 0 Å². The molecular weight excluding hydrogens is 227 g/mol. The lowest BCUT2D eigenvalue weighted by atomic mass is 10.1. The number of hydrogen-bond acceptors (Lipinski definition) is 3. The zero-order valence-electron chi connectivity index (χ0n) is 7.58. The first kappa shape index (κ1) is 10.5. The first-order valence-electron chi connectivity index (χ1n) is 4.09. The fourth-order valence-corrected chi connectivity index (χ4v) is 1.28. The molecule has 0 radical (unpaired) electrons. The Morgan fingerprint density at radius 2 is 2.06 bits per heavy atom. The Morgan fingerprint density at radius 3 is 2.62 bits per heavy atom. The zero-order chi connectivity index (χ0) is 11.9. The van der Waals surface area contributed by atoms with E-state index in [1.165, 1.54) is 0 Å². The Kier molecular flexibility index (Phi) is 2.11. The largest absolute Gasteiger partial charge is 0.478 e. The summed E-state index contributed by atoms with van der Waals surface area (Å²) in [5, 5.41) is 11.5. The molecule has 1 heterocycles. The molecule has 0 atom stereocenters. The highest BCUT2D eigenvalue weighted by Crippen LogP contribution is 2.34. The molecular formula is C9H4F3NO3. The minimum absolute atomic E-state index is 0.132. The number of fused-ring (bicyclic) bond motifs is 1. The molecule has 4 nitrogen and oxygen atoms in total. The molecule has 0 bridgehead atoms. The zero-order valence-corrected chi connectivity index (χ0v) is 7.58. The molecule has 1 N–H and O–H groups in total. The van der Waals surface area contributed by atoms with Crippen LogP contribution in [0.1, 0.15) is 16.1 Å². The highest BCUT2D eigenvalue weighted by molar-refractivity contribution is 5.93. The summed E-state index contributed by atoms with van der Waals surface area (Å²) in [5.74, 6) is -2.46. The van der Waals surface area contributed by atoms with Gasteiger partial charge in [0.25, 0.3) is 0 Å². The second-order valence-electron chi connectivity index (χ2n) is 3.05. The van der Waals surface area contributed by atoms with Crippen molar-refractivity contribution in [1.82, 2.24) is 5.16 Å². The second kappa shape index (κ2) is 3.22. The number of nitrogens with zero attached hydrogens (tertiary/aromatic N) is 1. The Labute approximate surface area is 86.3 Å². The third-order valence-corrected chi connectivity index (χ3v) is 1.98. The number of hydrogen-bond donors (Lipinski definition) is 1. The van der Waals surface area contributed by atoms with Crippen LogP contribution in [0.4, 0.5) is 13.2 Å². The van der Waals surface area contributed by atoms with Crippen molar-refractivity contribution in [2.45, 2.75) is 6.18 Å². The normalized spacial score (nSPS) is 11.9. The van der Waals surface area contributed by atoms with E-state index in [2.05, 4.69) is 9.68 Å². The highest BCUT2D eigenvalue weighted by Gasteiger charge is 2.38. The number of benzene rings is 1. The van der Waals surface area contributed by atoms with Gasteiger partial charge in [0.1, 0.15) is 5.52 Å². The molecule has 0 aliphatic carbocycles. The number of rotatable bonds is 1. The molecule has 0 saturated heterocycles. The maximum atomic E-state index is 12.4. The molecule has 0 spiro atoms. The molecule has 0 fully saturated rings. The van der Waals surface area contributed by atoms with Crippen LogP contribution in [0.2, 0.25) is 0 Å². The number of aromatic carboxylic acids is 1. The van der Waals surface area contributed by atoms with Crippen LogP contribution in [0.15, 0.2) is 22.7 Å². The number of carboxylic acids is 1. The number of carbonyl (C=O) groups is 1. The predicted octanol–water partition coefficient (Wildman–Crippen LogP) is 2.54. The maximum absolute atomic E-state index is 12.4. The molecule has 0 unspecified atom stereocenters. The number of aromatic nitrogens is 1. The van der Waals surface area contributed by atoms with Crippen molar-refractivity contribution in [3.8, 4) is 0 Å². The molecule has 1 aromatic carbocycles. The summed E-state index contributed by atoms with van der Waals surface area (Å²) in [5.41, 5.74) is -0.276. The van der Waals surface area contributed by atoms with E-state index in [1.807, 2.05) is 0 Å². The van der Waals surface area contributed by atoms with Gasteiger partial charge in [0.05, 0.1) is 10.9 Å². The topological polar surface area (TPSA) is 63.3 Å². The molecule has 2 rings (SSSR count). The van der Waals surface area contributed by atoms with Crippen LogP contribution in [0.5, 0.6) is 0 Å². The first-order chi connectivity index (χ1) is 7.39. The molecule has 84 valence electrons. The highest BCUT2D eigenvalue weighted by atomic mass is 19.4. The lowest BCUT2D eigenvalue weighted by Gasteiger charge is -2.00. The van der Waals surface area contributed by atoms with Gasteiger partial charge in [0.2, 0.25) is 5.76 Å². The quantitative estimate of drug-likeness (QED) is 0.819. The van der Waals surface area contributed by atoms with E-state index in [0.29, 0.717) is 0 Å². The van der Waals surface area contributed by atoms with Crippen LogP contribution in [0.3, 0.4) is 0 Å². The third kappa shape index (κ3) is 1.60. The van der Waals surface area contributed by atoms with Crippen molar-refractivity contribution in [1.29, 1.82) is 0 Å². The summed E-state index contributed by atoms with van der Waals surface area (Å²) >= 11 is 0. The molecule has 1 aromatic heterocycles. The molecule has 16 heavy (non-hydrogen) atoms. The van der Waals surface area contributed by atoms with Gasteiger partial charge in [-0.1, -0.05) is 5.16 Å². The molecule has 0 amide bonds. The summed E-state index contributed by atoms with van der Waals surface area (Å²) in [7, 11) is 0. The van der Waals surface area contributed by atoms with Gasteiger partial charge in [-0.05, 0) is 18.2 Å². The average Bonchev–Trinajstić information content (AvgIpc) is 2.58. The minimum atomic E-state index is -4.64. The van der Waals surface area contributed by atoms with Gasteiger partial charge in [-0.25, -0.2) is 4.79 Å². The van der Waals surface area contributed by atoms with Gasteiger partial charge in [-0.2, -0.15) is 13.2 Å². The summed E-state index contributed by atoms with van der Waals surface area (Å²) in [6.07, 6.45) is -4.64. The van der Waals surface area contributed by atoms with Gasteiger partial charge in [-0.3, -0.25) is 0 Å². The fraction of sp³-hybridized carbons (Fsp3) is 0.111. The standard InChI is InChI=1S/C9H4F3NO3/c10-9(11,12)7-5-2-1-4(8(14)15)3-6(5)13-16-7/h1-3H,(H,14,15). The van der Waals surface area contributed by atoms with E-state index >= 15 is 0 Å². The van der Waals surface area contributed by atoms with E-state index < -0.39 is 17.9 Å². The van der Waals surface area contributed by atoms with E-state index in [4.69, 9.17) is 5.11 Å². The maximum Gasteiger partial charge on any atom is 0.453 e. The van der Waals surface area contributed by atoms with Gasteiger partial charge in [0.15, 0.2) is 0 Å². The van der Waals surface area contributed by atoms with E-state index in [-0.39, 0.29) is 16.5 Å². The second-order valence-corrected chi connectivity index (χ2v) is 3.05. The SMILES string of the molecule is O=C(O)c1ccc2c(C(F)(F)F)onc2c1. The van der Waals surface area contributed by atoms with Crippen LogP contribution in [-0.2, 0) is 6.18 Å². The molecule has 0 aliphatic rings. The van der Waals surface area contributed by atoms with Gasteiger partial charge < -0.3 is 9.63 Å². The Hall–Kier alpha value is -2.05. The van der Waals surface area contributed by atoms with E-state index in [0.717, 1.165) is 18.2 Å². The Morgan fingerprint density at radius 1 is 1.38 bits per heavy atom. The average molecular weight is 231 g/mol. The summed E-state index contributed by atoms with van der Waals surface area (Å²) in [4.78, 5) is 10.6. The lowest BCUT2D eigenvalue weighted by Crippen LogP contribution is -2.03. The van der Waals surface area contributed by atoms with Crippen molar-refractivity contribution in [3.05, 3.63) is 29.5 Å². The van der Waals surface area contributed by atoms with Crippen LogP contribution in [0.25, 0.3) is 10.9 Å². The minimum Gasteiger partial charge on any atom is -0.478 e. The summed E-state index contributed by atoms with van der Waals surface area (Å²) < 4.78 is 41.2. The third-order valence-electron chi connectivity index (χ3n) is 1.98. The van der Waals surface area contributed by atoms with Gasteiger partial charge >= 0.3 is 12.1 Å². The van der Waals surface area contributed by atoms with Gasteiger partial charge in [-0.15, -0.1) is 0 Å².